The Morgan fingerprint density at radius 2 is 1.79 bits per heavy atom. The Kier molecular flexibility index (Phi) is 4.98. The fraction of sp³-hybridized carbons (Fsp3) is 0.143. The maximum absolute atomic E-state index is 8.62. The summed E-state index contributed by atoms with van der Waals surface area (Å²) in [6, 6.07) is 17.3. The third-order valence-corrected chi connectivity index (χ3v) is 3.09. The molecule has 19 heavy (non-hydrogen) atoms. The van der Waals surface area contributed by atoms with Gasteiger partial charge in [0.05, 0.1) is 6.61 Å². The molecule has 2 aromatic carbocycles. The smallest absolute Gasteiger partial charge is 0.162 e. The number of halogens is 1. The normalized spacial score (nSPS) is 11.6. The van der Waals surface area contributed by atoms with E-state index in [1.54, 1.807) is 0 Å². The van der Waals surface area contributed by atoms with Crippen LogP contribution < -0.4 is 0 Å². The molecule has 0 saturated heterocycles. The Morgan fingerprint density at radius 3 is 2.42 bits per heavy atom. The summed E-state index contributed by atoms with van der Waals surface area (Å²) < 4.78 is 6.63. The maximum Gasteiger partial charge on any atom is 0.162 e. The molecule has 1 atom stereocenters. The van der Waals surface area contributed by atoms with E-state index in [0.29, 0.717) is 6.61 Å². The van der Waals surface area contributed by atoms with Gasteiger partial charge in [0, 0.05) is 9.38 Å². The van der Waals surface area contributed by atoms with Crippen molar-refractivity contribution in [3.05, 3.63) is 80.6 Å². The first-order valence-electron chi connectivity index (χ1n) is 5.75. The Labute approximate surface area is 119 Å². The number of azide groups is 1. The summed E-state index contributed by atoms with van der Waals surface area (Å²) >= 11 is 3.37. The molecule has 2 rings (SSSR count). The minimum atomic E-state index is -0.613. The molecule has 2 aromatic rings. The van der Waals surface area contributed by atoms with Crippen LogP contribution in [0.5, 0.6) is 0 Å². The molecule has 1 unspecified atom stereocenters. The first kappa shape index (κ1) is 13.6. The van der Waals surface area contributed by atoms with E-state index in [9.17, 15) is 0 Å². The van der Waals surface area contributed by atoms with E-state index in [2.05, 4.69) is 26.0 Å². The highest BCUT2D eigenvalue weighted by Crippen LogP contribution is 2.22. The quantitative estimate of drug-likeness (QED) is 0.436. The lowest BCUT2D eigenvalue weighted by molar-refractivity contribution is 0.0444. The van der Waals surface area contributed by atoms with Crippen molar-refractivity contribution in [2.45, 2.75) is 12.8 Å². The summed E-state index contributed by atoms with van der Waals surface area (Å²) in [6.45, 7) is 0.403. The van der Waals surface area contributed by atoms with Crippen molar-refractivity contribution in [1.29, 1.82) is 0 Å². The van der Waals surface area contributed by atoms with Crippen molar-refractivity contribution in [2.75, 3.05) is 0 Å². The monoisotopic (exact) mass is 317 g/mol. The van der Waals surface area contributed by atoms with Crippen LogP contribution in [0.1, 0.15) is 17.4 Å². The summed E-state index contributed by atoms with van der Waals surface area (Å²) in [5, 5.41) is 3.68. The van der Waals surface area contributed by atoms with Crippen molar-refractivity contribution in [1.82, 2.24) is 0 Å². The van der Waals surface area contributed by atoms with Gasteiger partial charge in [-0.15, -0.1) is 0 Å². The molecular weight excluding hydrogens is 306 g/mol. The van der Waals surface area contributed by atoms with Crippen LogP contribution in [-0.4, -0.2) is 0 Å². The van der Waals surface area contributed by atoms with E-state index in [4.69, 9.17) is 10.3 Å². The number of ether oxygens (including phenoxy) is 1. The van der Waals surface area contributed by atoms with Crippen molar-refractivity contribution >= 4 is 15.9 Å². The van der Waals surface area contributed by atoms with E-state index >= 15 is 0 Å². The molecule has 0 saturated carbocycles. The molecule has 0 bridgehead atoms. The van der Waals surface area contributed by atoms with Crippen molar-refractivity contribution < 1.29 is 4.74 Å². The molecule has 0 radical (unpaired) electrons. The van der Waals surface area contributed by atoms with Crippen molar-refractivity contribution in [3.8, 4) is 0 Å². The highest BCUT2D eigenvalue weighted by atomic mass is 79.9. The van der Waals surface area contributed by atoms with Crippen LogP contribution in [0.25, 0.3) is 10.4 Å². The lowest BCUT2D eigenvalue weighted by atomic mass is 10.2. The second kappa shape index (κ2) is 6.95. The summed E-state index contributed by atoms with van der Waals surface area (Å²) in [6.07, 6.45) is -0.613. The first-order valence-corrected chi connectivity index (χ1v) is 6.54. The summed E-state index contributed by atoms with van der Waals surface area (Å²) in [4.78, 5) is 2.84. The van der Waals surface area contributed by atoms with Crippen LogP contribution in [0.3, 0.4) is 0 Å². The fourth-order valence-corrected chi connectivity index (χ4v) is 1.88. The molecule has 5 heteroatoms. The van der Waals surface area contributed by atoms with Gasteiger partial charge in [0.1, 0.15) is 0 Å². The second-order valence-corrected chi connectivity index (χ2v) is 4.82. The highest BCUT2D eigenvalue weighted by Gasteiger charge is 2.09. The van der Waals surface area contributed by atoms with E-state index in [-0.39, 0.29) is 0 Å². The van der Waals surface area contributed by atoms with Crippen molar-refractivity contribution in [2.24, 2.45) is 5.11 Å². The van der Waals surface area contributed by atoms with Gasteiger partial charge in [0.2, 0.25) is 0 Å². The van der Waals surface area contributed by atoms with Gasteiger partial charge in [-0.05, 0) is 28.8 Å². The molecule has 0 amide bonds. The molecule has 0 aromatic heterocycles. The maximum atomic E-state index is 8.62. The average molecular weight is 318 g/mol. The van der Waals surface area contributed by atoms with Crippen LogP contribution in [0, 0.1) is 0 Å². The molecule has 0 spiro atoms. The molecule has 0 aliphatic rings. The average Bonchev–Trinajstić information content (AvgIpc) is 2.46. The highest BCUT2D eigenvalue weighted by molar-refractivity contribution is 9.10. The Balaban J connectivity index is 2.08. The Bertz CT molecular complexity index is 565. The number of rotatable bonds is 5. The van der Waals surface area contributed by atoms with Gasteiger partial charge in [0.15, 0.2) is 6.23 Å². The van der Waals surface area contributed by atoms with E-state index < -0.39 is 6.23 Å². The molecular formula is C14H12BrN3O. The number of hydrogen-bond acceptors (Lipinski definition) is 2. The fourth-order valence-electron chi connectivity index (χ4n) is 1.62. The first-order chi connectivity index (χ1) is 9.29. The molecule has 0 fully saturated rings. The van der Waals surface area contributed by atoms with Gasteiger partial charge in [-0.1, -0.05) is 63.5 Å². The Hall–Kier alpha value is -1.81. The van der Waals surface area contributed by atoms with E-state index in [0.717, 1.165) is 15.6 Å². The second-order valence-electron chi connectivity index (χ2n) is 3.91. The van der Waals surface area contributed by atoms with E-state index in [1.165, 1.54) is 0 Å². The van der Waals surface area contributed by atoms with Crippen molar-refractivity contribution in [3.63, 3.8) is 0 Å². The van der Waals surface area contributed by atoms with Crippen LogP contribution in [0.15, 0.2) is 64.2 Å². The van der Waals surface area contributed by atoms with Gasteiger partial charge in [-0.2, -0.15) is 0 Å². The minimum Gasteiger partial charge on any atom is -0.363 e. The molecule has 96 valence electrons. The molecule has 0 aliphatic carbocycles. The summed E-state index contributed by atoms with van der Waals surface area (Å²) in [5.74, 6) is 0. The minimum absolute atomic E-state index is 0.403. The summed E-state index contributed by atoms with van der Waals surface area (Å²) in [5.41, 5.74) is 10.5. The number of nitrogens with zero attached hydrogens (tertiary/aromatic N) is 3. The molecule has 0 N–H and O–H groups in total. The third-order valence-electron chi connectivity index (χ3n) is 2.56. The van der Waals surface area contributed by atoms with Gasteiger partial charge in [0.25, 0.3) is 0 Å². The lowest BCUT2D eigenvalue weighted by Crippen LogP contribution is -2.01. The van der Waals surface area contributed by atoms with Gasteiger partial charge in [-0.3, -0.25) is 0 Å². The molecule has 0 heterocycles. The molecule has 4 nitrogen and oxygen atoms in total. The predicted octanol–water partition coefficient (Wildman–Crippen LogP) is 4.97. The standard InChI is InChI=1S/C14H12BrN3O/c15-13-8-6-12(7-9-13)14(17-18-16)19-10-11-4-2-1-3-5-11/h1-9,14H,10H2. The summed E-state index contributed by atoms with van der Waals surface area (Å²) in [7, 11) is 0. The molecule has 0 aliphatic heterocycles. The number of benzene rings is 2. The van der Waals surface area contributed by atoms with Gasteiger partial charge >= 0.3 is 0 Å². The topological polar surface area (TPSA) is 58.0 Å². The van der Waals surface area contributed by atoms with Gasteiger partial charge in [-0.25, -0.2) is 0 Å². The Morgan fingerprint density at radius 1 is 1.11 bits per heavy atom. The number of hydrogen-bond donors (Lipinski definition) is 0. The largest absolute Gasteiger partial charge is 0.363 e. The van der Waals surface area contributed by atoms with Crippen LogP contribution >= 0.6 is 15.9 Å². The zero-order valence-electron chi connectivity index (χ0n) is 10.1. The SMILES string of the molecule is [N-]=[N+]=NC(OCc1ccccc1)c1ccc(Br)cc1. The zero-order chi connectivity index (χ0) is 13.5. The van der Waals surface area contributed by atoms with E-state index in [1.807, 2.05) is 54.6 Å². The van der Waals surface area contributed by atoms with Crippen LogP contribution in [0.4, 0.5) is 0 Å². The van der Waals surface area contributed by atoms with Crippen LogP contribution in [-0.2, 0) is 11.3 Å². The lowest BCUT2D eigenvalue weighted by Gasteiger charge is -2.13. The van der Waals surface area contributed by atoms with Gasteiger partial charge < -0.3 is 4.74 Å². The third kappa shape index (κ3) is 4.10. The predicted molar refractivity (Wildman–Crippen MR) is 77.3 cm³/mol. The zero-order valence-corrected chi connectivity index (χ0v) is 11.7. The van der Waals surface area contributed by atoms with Crippen LogP contribution in [0.2, 0.25) is 0 Å².